The second-order valence-electron chi connectivity index (χ2n) is 6.29. The van der Waals surface area contributed by atoms with Crippen LogP contribution in [0.3, 0.4) is 0 Å². The number of benzene rings is 2. The van der Waals surface area contributed by atoms with Crippen molar-refractivity contribution in [3.8, 4) is 5.75 Å². The van der Waals surface area contributed by atoms with E-state index in [0.29, 0.717) is 5.75 Å². The molecule has 0 aromatic heterocycles. The highest BCUT2D eigenvalue weighted by Crippen LogP contribution is 2.30. The first-order chi connectivity index (χ1) is 13.6. The van der Waals surface area contributed by atoms with Crippen LogP contribution in [-0.4, -0.2) is 24.1 Å². The van der Waals surface area contributed by atoms with E-state index < -0.39 is 23.6 Å². The molecule has 0 bridgehead atoms. The summed E-state index contributed by atoms with van der Waals surface area (Å²) in [4.78, 5) is 23.7. The van der Waals surface area contributed by atoms with Gasteiger partial charge in [-0.25, -0.2) is 5.43 Å². The van der Waals surface area contributed by atoms with Gasteiger partial charge in [0.25, 0.3) is 5.91 Å². The Balaban J connectivity index is 1.80. The van der Waals surface area contributed by atoms with E-state index in [1.807, 2.05) is 19.1 Å². The molecule has 0 radical (unpaired) electrons. The van der Waals surface area contributed by atoms with Gasteiger partial charge in [-0.05, 0) is 44.2 Å². The average molecular weight is 407 g/mol. The van der Waals surface area contributed by atoms with Gasteiger partial charge in [-0.2, -0.15) is 18.3 Å². The maximum atomic E-state index is 12.7. The van der Waals surface area contributed by atoms with Gasteiger partial charge in [0.1, 0.15) is 5.75 Å². The molecule has 0 saturated heterocycles. The van der Waals surface area contributed by atoms with E-state index in [1.165, 1.54) is 19.1 Å². The van der Waals surface area contributed by atoms with E-state index in [2.05, 4.69) is 15.8 Å². The summed E-state index contributed by atoms with van der Waals surface area (Å²) in [5, 5.41) is 6.15. The number of hydrazone groups is 1. The van der Waals surface area contributed by atoms with Crippen molar-refractivity contribution in [1.82, 2.24) is 5.43 Å². The second kappa shape index (κ2) is 9.72. The molecule has 0 atom stereocenters. The Hall–Kier alpha value is -3.36. The monoisotopic (exact) mass is 407 g/mol. The highest BCUT2D eigenvalue weighted by atomic mass is 19.4. The van der Waals surface area contributed by atoms with Crippen LogP contribution in [-0.2, 0) is 15.8 Å². The fraction of sp³-hybridized carbons (Fsp3) is 0.250. The van der Waals surface area contributed by atoms with Gasteiger partial charge in [-0.1, -0.05) is 23.8 Å². The van der Waals surface area contributed by atoms with Gasteiger partial charge in [0.2, 0.25) is 5.91 Å². The van der Waals surface area contributed by atoms with E-state index >= 15 is 0 Å². The zero-order chi connectivity index (χ0) is 21.4. The third-order valence-corrected chi connectivity index (χ3v) is 3.65. The van der Waals surface area contributed by atoms with Crippen molar-refractivity contribution in [2.45, 2.75) is 26.4 Å². The van der Waals surface area contributed by atoms with Gasteiger partial charge in [0, 0.05) is 11.4 Å². The Morgan fingerprint density at radius 1 is 1.07 bits per heavy atom. The molecule has 29 heavy (non-hydrogen) atoms. The van der Waals surface area contributed by atoms with Crippen LogP contribution in [0.1, 0.15) is 24.5 Å². The molecule has 2 amide bonds. The number of amides is 2. The lowest BCUT2D eigenvalue weighted by Crippen LogP contribution is -2.26. The topological polar surface area (TPSA) is 79.8 Å². The molecule has 2 N–H and O–H groups in total. The maximum absolute atomic E-state index is 12.7. The Morgan fingerprint density at radius 3 is 2.41 bits per heavy atom. The summed E-state index contributed by atoms with van der Waals surface area (Å²) in [5.74, 6) is -0.536. The van der Waals surface area contributed by atoms with Crippen molar-refractivity contribution >= 4 is 23.2 Å². The summed E-state index contributed by atoms with van der Waals surface area (Å²) in [7, 11) is 0. The van der Waals surface area contributed by atoms with Crippen LogP contribution in [0.2, 0.25) is 0 Å². The fourth-order valence-corrected chi connectivity index (χ4v) is 2.22. The summed E-state index contributed by atoms with van der Waals surface area (Å²) < 4.78 is 43.4. The molecule has 2 aromatic carbocycles. The average Bonchev–Trinajstić information content (AvgIpc) is 2.65. The number of rotatable bonds is 7. The fourth-order valence-electron chi connectivity index (χ4n) is 2.22. The minimum atomic E-state index is -4.50. The molecular formula is C20H20F3N3O3. The van der Waals surface area contributed by atoms with Crippen LogP contribution < -0.4 is 15.5 Å². The number of nitrogens with one attached hydrogen (secondary N) is 2. The molecule has 9 heteroatoms. The molecule has 154 valence electrons. The van der Waals surface area contributed by atoms with Crippen molar-refractivity contribution in [3.63, 3.8) is 0 Å². The third kappa shape index (κ3) is 7.65. The quantitative estimate of drug-likeness (QED) is 0.539. The van der Waals surface area contributed by atoms with Gasteiger partial charge in [-0.15, -0.1) is 0 Å². The molecular weight excluding hydrogens is 387 g/mol. The van der Waals surface area contributed by atoms with Gasteiger partial charge in [0.05, 0.1) is 12.0 Å². The van der Waals surface area contributed by atoms with Gasteiger partial charge < -0.3 is 10.1 Å². The predicted molar refractivity (Wildman–Crippen MR) is 103 cm³/mol. The summed E-state index contributed by atoms with van der Waals surface area (Å²) in [6.07, 6.45) is -4.70. The minimum absolute atomic E-state index is 0.0214. The van der Waals surface area contributed by atoms with Gasteiger partial charge in [0.15, 0.2) is 6.61 Å². The van der Waals surface area contributed by atoms with Crippen molar-refractivity contribution < 1.29 is 27.5 Å². The van der Waals surface area contributed by atoms with E-state index in [0.717, 1.165) is 17.7 Å². The van der Waals surface area contributed by atoms with E-state index in [1.54, 1.807) is 12.1 Å². The van der Waals surface area contributed by atoms with Crippen molar-refractivity contribution in [2.75, 3.05) is 11.9 Å². The number of halogens is 3. The Kier molecular flexibility index (Phi) is 7.35. The van der Waals surface area contributed by atoms with E-state index in [-0.39, 0.29) is 24.4 Å². The first kappa shape index (κ1) is 21.9. The molecule has 0 spiro atoms. The number of hydrogen-bond acceptors (Lipinski definition) is 4. The van der Waals surface area contributed by atoms with Crippen molar-refractivity contribution in [2.24, 2.45) is 5.10 Å². The zero-order valence-electron chi connectivity index (χ0n) is 15.8. The smallest absolute Gasteiger partial charge is 0.416 e. The second-order valence-corrected chi connectivity index (χ2v) is 6.29. The molecule has 0 saturated carbocycles. The van der Waals surface area contributed by atoms with E-state index in [9.17, 15) is 22.8 Å². The maximum Gasteiger partial charge on any atom is 0.416 e. The van der Waals surface area contributed by atoms with Crippen LogP contribution >= 0.6 is 0 Å². The molecule has 2 aromatic rings. The number of carbonyl (C=O) groups is 2. The summed E-state index contributed by atoms with van der Waals surface area (Å²) in [6, 6.07) is 11.5. The number of nitrogens with zero attached hydrogens (tertiary/aromatic N) is 1. The van der Waals surface area contributed by atoms with Crippen LogP contribution in [0.25, 0.3) is 0 Å². The van der Waals surface area contributed by atoms with E-state index in [4.69, 9.17) is 4.74 Å². The number of carbonyl (C=O) groups excluding carboxylic acids is 2. The Morgan fingerprint density at radius 2 is 1.76 bits per heavy atom. The lowest BCUT2D eigenvalue weighted by Gasteiger charge is -2.10. The zero-order valence-corrected chi connectivity index (χ0v) is 15.8. The minimum Gasteiger partial charge on any atom is -0.484 e. The summed E-state index contributed by atoms with van der Waals surface area (Å²) in [5.41, 5.74) is 2.76. The van der Waals surface area contributed by atoms with Gasteiger partial charge in [-0.3, -0.25) is 9.59 Å². The van der Waals surface area contributed by atoms with Crippen LogP contribution in [0, 0.1) is 6.92 Å². The van der Waals surface area contributed by atoms with Crippen LogP contribution in [0.4, 0.5) is 18.9 Å². The lowest BCUT2D eigenvalue weighted by atomic mass is 10.2. The molecule has 0 aliphatic rings. The highest BCUT2D eigenvalue weighted by molar-refractivity contribution is 6.05. The lowest BCUT2D eigenvalue weighted by molar-refractivity contribution is -0.137. The van der Waals surface area contributed by atoms with Gasteiger partial charge >= 0.3 is 6.18 Å². The SMILES string of the molecule is CC(CC(=O)Nc1cccc(C(F)(F)F)c1)=NNC(=O)COc1ccc(C)cc1. The number of anilines is 1. The Labute approximate surface area is 165 Å². The summed E-state index contributed by atoms with van der Waals surface area (Å²) in [6.45, 7) is 3.18. The van der Waals surface area contributed by atoms with Crippen LogP contribution in [0.15, 0.2) is 53.6 Å². The number of ether oxygens (including phenoxy) is 1. The molecule has 6 nitrogen and oxygen atoms in total. The Bertz CT molecular complexity index is 894. The number of hydrogen-bond donors (Lipinski definition) is 2. The molecule has 0 unspecified atom stereocenters. The molecule has 2 rings (SSSR count). The molecule has 0 aliphatic heterocycles. The summed E-state index contributed by atoms with van der Waals surface area (Å²) >= 11 is 0. The largest absolute Gasteiger partial charge is 0.484 e. The molecule has 0 aliphatic carbocycles. The first-order valence-corrected chi connectivity index (χ1v) is 8.62. The highest BCUT2D eigenvalue weighted by Gasteiger charge is 2.30. The first-order valence-electron chi connectivity index (χ1n) is 8.62. The molecule has 0 heterocycles. The van der Waals surface area contributed by atoms with Crippen LogP contribution in [0.5, 0.6) is 5.75 Å². The van der Waals surface area contributed by atoms with Crippen molar-refractivity contribution in [1.29, 1.82) is 0 Å². The standard InChI is InChI=1S/C20H20F3N3O3/c1-13-6-8-17(9-7-13)29-12-19(28)26-25-14(2)10-18(27)24-16-5-3-4-15(11-16)20(21,22)23/h3-9,11H,10,12H2,1-2H3,(H,24,27)(H,26,28). The molecule has 0 fully saturated rings. The third-order valence-electron chi connectivity index (χ3n) is 3.65. The predicted octanol–water partition coefficient (Wildman–Crippen LogP) is 3.91. The van der Waals surface area contributed by atoms with Crippen molar-refractivity contribution in [3.05, 3.63) is 59.7 Å². The number of alkyl halides is 3. The normalized spacial score (nSPS) is 11.7. The number of aryl methyl sites for hydroxylation is 1.